The first-order chi connectivity index (χ1) is 10.0. The van der Waals surface area contributed by atoms with Crippen molar-refractivity contribution in [2.24, 2.45) is 5.92 Å². The molecule has 0 bridgehead atoms. The molecule has 2 rings (SSSR count). The zero-order valence-electron chi connectivity index (χ0n) is 12.5. The number of benzene rings is 1. The Kier molecular flexibility index (Phi) is 4.96. The van der Waals surface area contributed by atoms with E-state index in [0.717, 1.165) is 12.8 Å². The Morgan fingerprint density at radius 2 is 2.00 bits per heavy atom. The van der Waals surface area contributed by atoms with E-state index in [9.17, 15) is 9.59 Å². The van der Waals surface area contributed by atoms with Crippen molar-refractivity contribution in [3.63, 3.8) is 0 Å². The summed E-state index contributed by atoms with van der Waals surface area (Å²) in [6.45, 7) is 0.0700. The van der Waals surface area contributed by atoms with Crippen molar-refractivity contribution >= 4 is 11.8 Å². The Bertz CT molecular complexity index is 524. The van der Waals surface area contributed by atoms with Crippen molar-refractivity contribution in [1.82, 2.24) is 10.2 Å². The molecule has 5 nitrogen and oxygen atoms in total. The molecule has 1 aromatic carbocycles. The molecule has 0 heterocycles. The molecule has 2 N–H and O–H groups in total. The topological polar surface area (TPSA) is 69.6 Å². The monoisotopic (exact) mass is 290 g/mol. The molecule has 1 aliphatic rings. The second kappa shape index (κ2) is 6.72. The van der Waals surface area contributed by atoms with Crippen molar-refractivity contribution in [3.8, 4) is 0 Å². The number of aliphatic hydroxyl groups is 1. The van der Waals surface area contributed by atoms with Crippen LogP contribution in [0.3, 0.4) is 0 Å². The summed E-state index contributed by atoms with van der Waals surface area (Å²) in [7, 11) is 3.36. The van der Waals surface area contributed by atoms with E-state index in [2.05, 4.69) is 5.32 Å². The van der Waals surface area contributed by atoms with Crippen LogP contribution in [0.4, 0.5) is 0 Å². The average Bonchev–Trinajstić information content (AvgIpc) is 3.30. The molecule has 1 unspecified atom stereocenters. The normalized spacial score (nSPS) is 15.4. The quantitative estimate of drug-likeness (QED) is 0.829. The number of aliphatic hydroxyl groups excluding tert-OH is 1. The third-order valence-electron chi connectivity index (χ3n) is 3.73. The van der Waals surface area contributed by atoms with Gasteiger partial charge in [0.1, 0.15) is 0 Å². The van der Waals surface area contributed by atoms with Gasteiger partial charge in [0.2, 0.25) is 0 Å². The Balaban J connectivity index is 2.08. The van der Waals surface area contributed by atoms with Crippen molar-refractivity contribution in [2.75, 3.05) is 20.7 Å². The van der Waals surface area contributed by atoms with Gasteiger partial charge in [-0.1, -0.05) is 6.07 Å². The molecule has 114 valence electrons. The maximum atomic E-state index is 12.3. The summed E-state index contributed by atoms with van der Waals surface area (Å²) in [4.78, 5) is 25.7. The summed E-state index contributed by atoms with van der Waals surface area (Å²) in [6, 6.07) is 6.75. The van der Waals surface area contributed by atoms with Gasteiger partial charge in [0.25, 0.3) is 11.8 Å². The Labute approximate surface area is 125 Å². The maximum Gasteiger partial charge on any atom is 0.253 e. The van der Waals surface area contributed by atoms with Crippen LogP contribution in [-0.2, 0) is 0 Å². The van der Waals surface area contributed by atoms with E-state index in [-0.39, 0.29) is 24.5 Å². The maximum absolute atomic E-state index is 12.3. The largest absolute Gasteiger partial charge is 0.396 e. The first-order valence-corrected chi connectivity index (χ1v) is 7.26. The lowest BCUT2D eigenvalue weighted by atomic mass is 10.1. The standard InChI is InChI=1S/C16H22N2O3/c1-18(2)16(21)13-5-3-4-12(10-13)15(20)17-14(8-9-19)11-6-7-11/h3-5,10-11,14,19H,6-9H2,1-2H3,(H,17,20). The fourth-order valence-electron chi connectivity index (χ4n) is 2.37. The lowest BCUT2D eigenvalue weighted by molar-refractivity contribution is 0.0827. The molecule has 1 aromatic rings. The molecule has 2 amide bonds. The van der Waals surface area contributed by atoms with Crippen LogP contribution >= 0.6 is 0 Å². The summed E-state index contributed by atoms with van der Waals surface area (Å²) >= 11 is 0. The molecule has 1 fully saturated rings. The van der Waals surface area contributed by atoms with E-state index in [0.29, 0.717) is 23.5 Å². The van der Waals surface area contributed by atoms with E-state index >= 15 is 0 Å². The molecule has 0 aliphatic heterocycles. The summed E-state index contributed by atoms with van der Waals surface area (Å²) in [5.74, 6) is 0.167. The van der Waals surface area contributed by atoms with Crippen LogP contribution in [-0.4, -0.2) is 48.6 Å². The van der Waals surface area contributed by atoms with Gasteiger partial charge < -0.3 is 15.3 Å². The molecule has 1 saturated carbocycles. The third-order valence-corrected chi connectivity index (χ3v) is 3.73. The first-order valence-electron chi connectivity index (χ1n) is 7.26. The molecular formula is C16H22N2O3. The first kappa shape index (κ1) is 15.5. The van der Waals surface area contributed by atoms with Crippen molar-refractivity contribution in [1.29, 1.82) is 0 Å². The Morgan fingerprint density at radius 3 is 2.57 bits per heavy atom. The lowest BCUT2D eigenvalue weighted by Crippen LogP contribution is -2.37. The number of carbonyl (C=O) groups is 2. The van der Waals surface area contributed by atoms with Crippen LogP contribution in [0.25, 0.3) is 0 Å². The molecule has 0 spiro atoms. The van der Waals surface area contributed by atoms with E-state index in [4.69, 9.17) is 5.11 Å². The van der Waals surface area contributed by atoms with Gasteiger partial charge in [-0.25, -0.2) is 0 Å². The van der Waals surface area contributed by atoms with Crippen LogP contribution in [0, 0.1) is 5.92 Å². The molecule has 0 radical (unpaired) electrons. The number of hydrogen-bond donors (Lipinski definition) is 2. The number of rotatable bonds is 6. The Hall–Kier alpha value is -1.88. The van der Waals surface area contributed by atoms with E-state index < -0.39 is 0 Å². The zero-order chi connectivity index (χ0) is 15.4. The van der Waals surface area contributed by atoms with Gasteiger partial charge in [0, 0.05) is 37.9 Å². The van der Waals surface area contributed by atoms with Gasteiger partial charge in [0.15, 0.2) is 0 Å². The van der Waals surface area contributed by atoms with E-state index in [1.54, 1.807) is 38.4 Å². The fraction of sp³-hybridized carbons (Fsp3) is 0.500. The predicted octanol–water partition coefficient (Wildman–Crippen LogP) is 1.28. The predicted molar refractivity (Wildman–Crippen MR) is 80.1 cm³/mol. The molecule has 5 heteroatoms. The number of amides is 2. The minimum Gasteiger partial charge on any atom is -0.396 e. The van der Waals surface area contributed by atoms with Gasteiger partial charge in [-0.15, -0.1) is 0 Å². The molecule has 1 aliphatic carbocycles. The average molecular weight is 290 g/mol. The summed E-state index contributed by atoms with van der Waals surface area (Å²) < 4.78 is 0. The summed E-state index contributed by atoms with van der Waals surface area (Å²) in [6.07, 6.45) is 2.78. The van der Waals surface area contributed by atoms with Gasteiger partial charge in [-0.2, -0.15) is 0 Å². The number of hydrogen-bond acceptors (Lipinski definition) is 3. The highest BCUT2D eigenvalue weighted by atomic mass is 16.3. The van der Waals surface area contributed by atoms with E-state index in [1.165, 1.54) is 4.90 Å². The van der Waals surface area contributed by atoms with Crippen LogP contribution < -0.4 is 5.32 Å². The second-order valence-electron chi connectivity index (χ2n) is 5.71. The summed E-state index contributed by atoms with van der Waals surface area (Å²) in [5.41, 5.74) is 0.976. The van der Waals surface area contributed by atoms with Crippen LogP contribution in [0.5, 0.6) is 0 Å². The highest BCUT2D eigenvalue weighted by molar-refractivity contribution is 5.99. The fourth-order valence-corrected chi connectivity index (χ4v) is 2.37. The molecule has 0 saturated heterocycles. The minimum atomic E-state index is -0.186. The summed E-state index contributed by atoms with van der Waals surface area (Å²) in [5, 5.41) is 12.0. The SMILES string of the molecule is CN(C)C(=O)c1cccc(C(=O)NC(CCO)C2CC2)c1. The van der Waals surface area contributed by atoms with Gasteiger partial charge in [-0.05, 0) is 43.4 Å². The van der Waals surface area contributed by atoms with Gasteiger partial charge in [0.05, 0.1) is 0 Å². The molecule has 21 heavy (non-hydrogen) atoms. The van der Waals surface area contributed by atoms with Crippen LogP contribution in [0.2, 0.25) is 0 Å². The van der Waals surface area contributed by atoms with E-state index in [1.807, 2.05) is 0 Å². The lowest BCUT2D eigenvalue weighted by Gasteiger charge is -2.17. The molecule has 0 aromatic heterocycles. The van der Waals surface area contributed by atoms with Gasteiger partial charge in [-0.3, -0.25) is 9.59 Å². The number of carbonyl (C=O) groups excluding carboxylic acids is 2. The molecule has 1 atom stereocenters. The highest BCUT2D eigenvalue weighted by Crippen LogP contribution is 2.34. The zero-order valence-corrected chi connectivity index (χ0v) is 12.5. The second-order valence-corrected chi connectivity index (χ2v) is 5.71. The smallest absolute Gasteiger partial charge is 0.253 e. The highest BCUT2D eigenvalue weighted by Gasteiger charge is 2.32. The molecular weight excluding hydrogens is 268 g/mol. The Morgan fingerprint density at radius 1 is 1.33 bits per heavy atom. The third kappa shape index (κ3) is 4.04. The number of nitrogens with one attached hydrogen (secondary N) is 1. The van der Waals surface area contributed by atoms with Crippen molar-refractivity contribution < 1.29 is 14.7 Å². The van der Waals surface area contributed by atoms with Crippen molar-refractivity contribution in [3.05, 3.63) is 35.4 Å². The minimum absolute atomic E-state index is 0.0238. The van der Waals surface area contributed by atoms with Crippen LogP contribution in [0.1, 0.15) is 40.0 Å². The van der Waals surface area contributed by atoms with Crippen LogP contribution in [0.15, 0.2) is 24.3 Å². The van der Waals surface area contributed by atoms with Crippen molar-refractivity contribution in [2.45, 2.75) is 25.3 Å². The number of nitrogens with zero attached hydrogens (tertiary/aromatic N) is 1. The van der Waals surface area contributed by atoms with Gasteiger partial charge >= 0.3 is 0 Å².